The maximum absolute atomic E-state index is 4.52. The molecule has 2 rings (SSSR count). The predicted octanol–water partition coefficient (Wildman–Crippen LogP) is 1.59. The number of aromatic nitrogens is 2. The SMILES string of the molecule is CNc1cc(C2CCCN2C)nc(C)n1. The molecule has 0 saturated carbocycles. The van der Waals surface area contributed by atoms with Crippen molar-refractivity contribution in [2.24, 2.45) is 0 Å². The molecule has 1 fully saturated rings. The number of aryl methyl sites for hydroxylation is 1. The van der Waals surface area contributed by atoms with E-state index in [0.717, 1.165) is 17.3 Å². The molecule has 1 unspecified atom stereocenters. The van der Waals surface area contributed by atoms with E-state index in [2.05, 4.69) is 33.3 Å². The smallest absolute Gasteiger partial charge is 0.129 e. The average Bonchev–Trinajstić information content (AvgIpc) is 2.63. The lowest BCUT2D eigenvalue weighted by atomic mass is 10.1. The van der Waals surface area contributed by atoms with E-state index in [1.54, 1.807) is 0 Å². The second-order valence-corrected chi connectivity index (χ2v) is 4.11. The van der Waals surface area contributed by atoms with Gasteiger partial charge in [0.05, 0.1) is 11.7 Å². The van der Waals surface area contributed by atoms with Crippen molar-refractivity contribution in [3.63, 3.8) is 0 Å². The Morgan fingerprint density at radius 2 is 2.27 bits per heavy atom. The summed E-state index contributed by atoms with van der Waals surface area (Å²) >= 11 is 0. The van der Waals surface area contributed by atoms with Gasteiger partial charge in [-0.25, -0.2) is 9.97 Å². The van der Waals surface area contributed by atoms with Crippen molar-refractivity contribution in [3.8, 4) is 0 Å². The second kappa shape index (κ2) is 4.14. The molecule has 0 bridgehead atoms. The maximum Gasteiger partial charge on any atom is 0.129 e. The molecule has 0 radical (unpaired) electrons. The quantitative estimate of drug-likeness (QED) is 0.798. The third-order valence-electron chi connectivity index (χ3n) is 2.98. The monoisotopic (exact) mass is 206 g/mol. The van der Waals surface area contributed by atoms with Crippen molar-refractivity contribution in [1.82, 2.24) is 14.9 Å². The molecule has 1 aromatic heterocycles. The molecule has 0 amide bonds. The summed E-state index contributed by atoms with van der Waals surface area (Å²) in [5.74, 6) is 1.76. The third kappa shape index (κ3) is 2.09. The van der Waals surface area contributed by atoms with Crippen LogP contribution < -0.4 is 5.32 Å². The number of hydrogen-bond acceptors (Lipinski definition) is 4. The zero-order valence-electron chi connectivity index (χ0n) is 9.62. The summed E-state index contributed by atoms with van der Waals surface area (Å²) in [6, 6.07) is 2.53. The highest BCUT2D eigenvalue weighted by Gasteiger charge is 2.24. The third-order valence-corrected chi connectivity index (χ3v) is 2.98. The lowest BCUT2D eigenvalue weighted by Gasteiger charge is -2.19. The minimum Gasteiger partial charge on any atom is -0.373 e. The van der Waals surface area contributed by atoms with E-state index in [1.165, 1.54) is 19.4 Å². The molecule has 0 spiro atoms. The largest absolute Gasteiger partial charge is 0.373 e. The fourth-order valence-corrected chi connectivity index (χ4v) is 2.17. The Hall–Kier alpha value is -1.16. The van der Waals surface area contributed by atoms with Gasteiger partial charge in [0.1, 0.15) is 11.6 Å². The predicted molar refractivity (Wildman–Crippen MR) is 60.9 cm³/mol. The fourth-order valence-electron chi connectivity index (χ4n) is 2.17. The van der Waals surface area contributed by atoms with Gasteiger partial charge >= 0.3 is 0 Å². The topological polar surface area (TPSA) is 41.0 Å². The van der Waals surface area contributed by atoms with Crippen molar-refractivity contribution in [2.45, 2.75) is 25.8 Å². The van der Waals surface area contributed by atoms with E-state index in [-0.39, 0.29) is 0 Å². The molecule has 0 aliphatic carbocycles. The van der Waals surface area contributed by atoms with Crippen LogP contribution in [0.15, 0.2) is 6.07 Å². The van der Waals surface area contributed by atoms with Crippen molar-refractivity contribution in [3.05, 3.63) is 17.6 Å². The van der Waals surface area contributed by atoms with Crippen LogP contribution in [0.25, 0.3) is 0 Å². The average molecular weight is 206 g/mol. The summed E-state index contributed by atoms with van der Waals surface area (Å²) in [4.78, 5) is 11.2. The van der Waals surface area contributed by atoms with E-state index in [9.17, 15) is 0 Å². The summed E-state index contributed by atoms with van der Waals surface area (Å²) < 4.78 is 0. The Bertz CT molecular complexity index is 350. The molecule has 0 aromatic carbocycles. The minimum atomic E-state index is 0.471. The van der Waals surface area contributed by atoms with Gasteiger partial charge in [-0.05, 0) is 33.4 Å². The van der Waals surface area contributed by atoms with Crippen LogP contribution in [0, 0.1) is 6.92 Å². The number of likely N-dealkylation sites (tertiary alicyclic amines) is 1. The van der Waals surface area contributed by atoms with Crippen molar-refractivity contribution >= 4 is 5.82 Å². The molecule has 15 heavy (non-hydrogen) atoms. The molecule has 2 heterocycles. The zero-order valence-corrected chi connectivity index (χ0v) is 9.62. The van der Waals surface area contributed by atoms with Crippen LogP contribution in [0.2, 0.25) is 0 Å². The van der Waals surface area contributed by atoms with E-state index < -0.39 is 0 Å². The van der Waals surface area contributed by atoms with E-state index in [1.807, 2.05) is 14.0 Å². The molecule has 1 N–H and O–H groups in total. The summed E-state index contributed by atoms with van der Waals surface area (Å²) in [5, 5.41) is 3.08. The van der Waals surface area contributed by atoms with Gasteiger partial charge in [0.15, 0.2) is 0 Å². The Labute approximate surface area is 90.7 Å². The highest BCUT2D eigenvalue weighted by Crippen LogP contribution is 2.29. The van der Waals surface area contributed by atoms with Gasteiger partial charge in [0.2, 0.25) is 0 Å². The fraction of sp³-hybridized carbons (Fsp3) is 0.636. The molecular weight excluding hydrogens is 188 g/mol. The minimum absolute atomic E-state index is 0.471. The van der Waals surface area contributed by atoms with Crippen molar-refractivity contribution < 1.29 is 0 Å². The summed E-state index contributed by atoms with van der Waals surface area (Å²) in [6.45, 7) is 3.11. The molecule has 4 heteroatoms. The Morgan fingerprint density at radius 3 is 2.87 bits per heavy atom. The van der Waals surface area contributed by atoms with Crippen molar-refractivity contribution in [2.75, 3.05) is 26.0 Å². The molecule has 4 nitrogen and oxygen atoms in total. The van der Waals surface area contributed by atoms with Gasteiger partial charge in [0, 0.05) is 13.1 Å². The highest BCUT2D eigenvalue weighted by atomic mass is 15.2. The Morgan fingerprint density at radius 1 is 1.47 bits per heavy atom. The lowest BCUT2D eigenvalue weighted by molar-refractivity contribution is 0.311. The van der Waals surface area contributed by atoms with E-state index in [0.29, 0.717) is 6.04 Å². The molecule has 1 saturated heterocycles. The number of nitrogens with zero attached hydrogens (tertiary/aromatic N) is 3. The first-order valence-electron chi connectivity index (χ1n) is 5.44. The standard InChI is InChI=1S/C11H18N4/c1-8-13-9(7-11(12-2)14-8)10-5-4-6-15(10)3/h7,10H,4-6H2,1-3H3,(H,12,13,14). The van der Waals surface area contributed by atoms with Crippen molar-refractivity contribution in [1.29, 1.82) is 0 Å². The van der Waals surface area contributed by atoms with Crippen LogP contribution in [0.1, 0.15) is 30.4 Å². The van der Waals surface area contributed by atoms with Crippen LogP contribution in [-0.4, -0.2) is 35.5 Å². The molecular formula is C11H18N4. The molecule has 1 aromatic rings. The molecule has 1 aliphatic rings. The summed E-state index contributed by atoms with van der Waals surface area (Å²) in [6.07, 6.45) is 2.47. The Balaban J connectivity index is 2.30. The summed E-state index contributed by atoms with van der Waals surface area (Å²) in [7, 11) is 4.05. The second-order valence-electron chi connectivity index (χ2n) is 4.11. The van der Waals surface area contributed by atoms with E-state index in [4.69, 9.17) is 0 Å². The number of nitrogens with one attached hydrogen (secondary N) is 1. The van der Waals surface area contributed by atoms with Gasteiger partial charge in [-0.2, -0.15) is 0 Å². The normalized spacial score (nSPS) is 21.9. The highest BCUT2D eigenvalue weighted by molar-refractivity contribution is 5.36. The van der Waals surface area contributed by atoms with Crippen LogP contribution in [0.3, 0.4) is 0 Å². The molecule has 82 valence electrons. The van der Waals surface area contributed by atoms with E-state index >= 15 is 0 Å². The first kappa shape index (κ1) is 10.4. The molecule has 1 atom stereocenters. The van der Waals surface area contributed by atoms with Crippen LogP contribution in [0.4, 0.5) is 5.82 Å². The van der Waals surface area contributed by atoms with Crippen LogP contribution >= 0.6 is 0 Å². The lowest BCUT2D eigenvalue weighted by Crippen LogP contribution is -2.19. The number of hydrogen-bond donors (Lipinski definition) is 1. The molecule has 1 aliphatic heterocycles. The van der Waals surface area contributed by atoms with Gasteiger partial charge in [-0.1, -0.05) is 0 Å². The first-order chi connectivity index (χ1) is 7.20. The van der Waals surface area contributed by atoms with Crippen LogP contribution in [-0.2, 0) is 0 Å². The first-order valence-corrected chi connectivity index (χ1v) is 5.44. The van der Waals surface area contributed by atoms with Crippen LogP contribution in [0.5, 0.6) is 0 Å². The number of rotatable bonds is 2. The summed E-state index contributed by atoms with van der Waals surface area (Å²) in [5.41, 5.74) is 1.15. The van der Waals surface area contributed by atoms with Gasteiger partial charge in [-0.15, -0.1) is 0 Å². The van der Waals surface area contributed by atoms with Gasteiger partial charge in [-0.3, -0.25) is 4.90 Å². The van der Waals surface area contributed by atoms with Gasteiger partial charge in [0.25, 0.3) is 0 Å². The number of anilines is 1. The Kier molecular flexibility index (Phi) is 2.86. The zero-order chi connectivity index (χ0) is 10.8. The van der Waals surface area contributed by atoms with Gasteiger partial charge < -0.3 is 5.32 Å². The maximum atomic E-state index is 4.52.